The second-order valence-electron chi connectivity index (χ2n) is 10.3. The molecule has 212 valence electrons. The molecule has 41 heavy (non-hydrogen) atoms. The number of nitrogens with one attached hydrogen (secondary N) is 5. The molecule has 6 rings (SSSR count). The fraction of sp³-hybridized carbons (Fsp3) is 0.321. The molecule has 2 aliphatic rings. The lowest BCUT2D eigenvalue weighted by Crippen LogP contribution is -2.42. The normalized spacial score (nSPS) is 18.5. The first-order valence-electron chi connectivity index (χ1n) is 13.6. The van der Waals surface area contributed by atoms with E-state index in [2.05, 4.69) is 41.7 Å². The summed E-state index contributed by atoms with van der Waals surface area (Å²) in [4.78, 5) is 33.6. The highest BCUT2D eigenvalue weighted by molar-refractivity contribution is 6.03. The summed E-state index contributed by atoms with van der Waals surface area (Å²) in [7, 11) is 0. The van der Waals surface area contributed by atoms with Crippen molar-refractivity contribution in [2.75, 3.05) is 21.3 Å². The molecule has 3 heterocycles. The van der Waals surface area contributed by atoms with E-state index in [0.29, 0.717) is 23.2 Å². The van der Waals surface area contributed by atoms with Crippen LogP contribution in [0.3, 0.4) is 0 Å². The highest BCUT2D eigenvalue weighted by Crippen LogP contribution is 2.30. The number of fused-ring (bicyclic) bond motifs is 1. The van der Waals surface area contributed by atoms with Crippen molar-refractivity contribution < 1.29 is 18.4 Å². The minimum Gasteiger partial charge on any atom is -0.379 e. The van der Waals surface area contributed by atoms with Crippen LogP contribution in [-0.2, 0) is 0 Å². The Morgan fingerprint density at radius 2 is 1.54 bits per heavy atom. The van der Waals surface area contributed by atoms with Crippen LogP contribution in [0.5, 0.6) is 0 Å². The molecule has 3 amide bonds. The summed E-state index contributed by atoms with van der Waals surface area (Å²) in [5, 5.41) is 19.9. The second-order valence-corrected chi connectivity index (χ2v) is 10.3. The quantitative estimate of drug-likeness (QED) is 0.209. The van der Waals surface area contributed by atoms with Gasteiger partial charge in [-0.1, -0.05) is 0 Å². The van der Waals surface area contributed by atoms with Gasteiger partial charge in [0.1, 0.15) is 11.6 Å². The number of rotatable bonds is 8. The number of carbonyl (C=O) groups excluding carboxylic acids is 2. The van der Waals surface area contributed by atoms with Crippen molar-refractivity contribution in [2.45, 2.75) is 56.7 Å². The number of aromatic nitrogens is 4. The molecule has 0 spiro atoms. The van der Waals surface area contributed by atoms with Gasteiger partial charge in [-0.25, -0.2) is 23.1 Å². The van der Waals surface area contributed by atoms with Crippen molar-refractivity contribution in [3.8, 4) is 0 Å². The molecule has 0 unspecified atom stereocenters. The number of halogens is 2. The summed E-state index contributed by atoms with van der Waals surface area (Å²) in [5.74, 6) is -0.971. The zero-order valence-electron chi connectivity index (χ0n) is 22.0. The Morgan fingerprint density at radius 3 is 2.27 bits per heavy atom. The molecule has 2 aliphatic carbocycles. The summed E-state index contributed by atoms with van der Waals surface area (Å²) in [6, 6.07) is 9.03. The van der Waals surface area contributed by atoms with Gasteiger partial charge in [-0.3, -0.25) is 9.78 Å². The van der Waals surface area contributed by atoms with E-state index >= 15 is 0 Å². The lowest BCUT2D eigenvalue weighted by Gasteiger charge is -2.30. The molecule has 0 saturated heterocycles. The smallest absolute Gasteiger partial charge is 0.319 e. The summed E-state index contributed by atoms with van der Waals surface area (Å²) in [6.07, 6.45) is 9.08. The largest absolute Gasteiger partial charge is 0.379 e. The molecule has 5 N–H and O–H groups in total. The highest BCUT2D eigenvalue weighted by Gasteiger charge is 2.26. The average Bonchev–Trinajstić information content (AvgIpc) is 3.67. The lowest BCUT2D eigenvalue weighted by atomic mass is 9.91. The van der Waals surface area contributed by atoms with E-state index in [9.17, 15) is 18.4 Å². The number of benzene rings is 1. The molecule has 13 heteroatoms. The fourth-order valence-electron chi connectivity index (χ4n) is 4.89. The SMILES string of the molecule is O=C(Nc1ccc(F)cc1)NC1CCC(Nc2cc(NC3CC3)c3ncc(C(=O)Nc4ccncc4F)n3n2)CC1. The Balaban J connectivity index is 1.12. The molecule has 2 fully saturated rings. The van der Waals surface area contributed by atoms with Gasteiger partial charge in [0.05, 0.1) is 23.8 Å². The maximum atomic E-state index is 14.1. The van der Waals surface area contributed by atoms with Crippen LogP contribution < -0.4 is 26.6 Å². The summed E-state index contributed by atoms with van der Waals surface area (Å²) >= 11 is 0. The molecule has 0 atom stereocenters. The van der Waals surface area contributed by atoms with E-state index in [4.69, 9.17) is 0 Å². The van der Waals surface area contributed by atoms with Gasteiger partial charge in [-0.15, -0.1) is 5.10 Å². The zero-order valence-corrected chi connectivity index (χ0v) is 22.0. The van der Waals surface area contributed by atoms with Crippen molar-refractivity contribution in [3.05, 3.63) is 72.3 Å². The second kappa shape index (κ2) is 11.4. The van der Waals surface area contributed by atoms with E-state index in [0.717, 1.165) is 50.4 Å². The average molecular weight is 562 g/mol. The van der Waals surface area contributed by atoms with E-state index in [1.165, 1.54) is 47.2 Å². The molecule has 3 aromatic heterocycles. The number of hydrogen-bond acceptors (Lipinski definition) is 7. The van der Waals surface area contributed by atoms with Crippen molar-refractivity contribution in [1.82, 2.24) is 24.9 Å². The predicted octanol–water partition coefficient (Wildman–Crippen LogP) is 4.77. The maximum absolute atomic E-state index is 14.1. The van der Waals surface area contributed by atoms with Crippen molar-refractivity contribution >= 4 is 40.5 Å². The van der Waals surface area contributed by atoms with Crippen LogP contribution in [0.25, 0.3) is 5.65 Å². The highest BCUT2D eigenvalue weighted by atomic mass is 19.1. The van der Waals surface area contributed by atoms with Gasteiger partial charge in [0, 0.05) is 36.1 Å². The number of anilines is 4. The molecule has 11 nitrogen and oxygen atoms in total. The summed E-state index contributed by atoms with van der Waals surface area (Å²) < 4.78 is 28.6. The van der Waals surface area contributed by atoms with Crippen molar-refractivity contribution in [1.29, 1.82) is 0 Å². The summed E-state index contributed by atoms with van der Waals surface area (Å²) in [5.41, 5.74) is 1.96. The predicted molar refractivity (Wildman–Crippen MR) is 150 cm³/mol. The minimum atomic E-state index is -0.640. The van der Waals surface area contributed by atoms with Crippen LogP contribution in [0.2, 0.25) is 0 Å². The third kappa shape index (κ3) is 6.34. The standard InChI is InChI=1S/C28H29F2N9O2/c29-16-1-3-19(4-2-16)35-28(41)36-20-9-7-18(8-10-20)34-25-13-23(33-17-5-6-17)26-32-15-24(39(26)38-25)27(40)37-22-11-12-31-14-21(22)30/h1-4,11-15,17-18,20,33H,5-10H2,(H,34,38)(H,31,37,40)(H2,35,36,41). The molecule has 1 aromatic carbocycles. The van der Waals surface area contributed by atoms with Crippen LogP contribution in [0.4, 0.5) is 36.5 Å². The van der Waals surface area contributed by atoms with E-state index in [-0.39, 0.29) is 35.3 Å². The maximum Gasteiger partial charge on any atom is 0.319 e. The van der Waals surface area contributed by atoms with E-state index < -0.39 is 11.7 Å². The number of hydrogen-bond donors (Lipinski definition) is 5. The molecular weight excluding hydrogens is 532 g/mol. The molecule has 2 saturated carbocycles. The third-order valence-electron chi connectivity index (χ3n) is 7.17. The van der Waals surface area contributed by atoms with Gasteiger partial charge >= 0.3 is 6.03 Å². The number of amides is 3. The van der Waals surface area contributed by atoms with E-state index in [1.807, 2.05) is 6.07 Å². The number of carbonyl (C=O) groups is 2. The van der Waals surface area contributed by atoms with Gasteiger partial charge in [-0.05, 0) is 68.9 Å². The molecular formula is C28H29F2N9O2. The van der Waals surface area contributed by atoms with Gasteiger partial charge in [-0.2, -0.15) is 0 Å². The molecule has 4 aromatic rings. The van der Waals surface area contributed by atoms with Gasteiger partial charge in [0.25, 0.3) is 5.91 Å². The Morgan fingerprint density at radius 1 is 0.829 bits per heavy atom. The minimum absolute atomic E-state index is 0.00793. The Labute approximate surface area is 234 Å². The number of pyridine rings is 1. The lowest BCUT2D eigenvalue weighted by molar-refractivity contribution is 0.102. The van der Waals surface area contributed by atoms with E-state index in [1.54, 1.807) is 0 Å². The monoisotopic (exact) mass is 561 g/mol. The van der Waals surface area contributed by atoms with Crippen molar-refractivity contribution in [2.24, 2.45) is 0 Å². The number of nitrogens with zero attached hydrogens (tertiary/aromatic N) is 4. The number of imidazole rings is 1. The summed E-state index contributed by atoms with van der Waals surface area (Å²) in [6.45, 7) is 0. The first-order chi connectivity index (χ1) is 19.9. The number of urea groups is 1. The van der Waals surface area contributed by atoms with Crippen LogP contribution in [0.1, 0.15) is 49.0 Å². The molecule has 0 aliphatic heterocycles. The van der Waals surface area contributed by atoms with Gasteiger partial charge in [0.15, 0.2) is 17.2 Å². The molecule has 0 bridgehead atoms. The first kappa shape index (κ1) is 26.4. The van der Waals surface area contributed by atoms with Crippen LogP contribution >= 0.6 is 0 Å². The fourth-order valence-corrected chi connectivity index (χ4v) is 4.89. The van der Waals surface area contributed by atoms with Crippen LogP contribution in [0.15, 0.2) is 55.0 Å². The molecule has 0 radical (unpaired) electrons. The van der Waals surface area contributed by atoms with Crippen molar-refractivity contribution in [3.63, 3.8) is 0 Å². The Hall–Kier alpha value is -4.81. The Kier molecular flexibility index (Phi) is 7.32. The third-order valence-corrected chi connectivity index (χ3v) is 7.17. The van der Waals surface area contributed by atoms with Crippen LogP contribution in [0, 0.1) is 11.6 Å². The van der Waals surface area contributed by atoms with Gasteiger partial charge in [0.2, 0.25) is 0 Å². The Bertz CT molecular complexity index is 1560. The van der Waals surface area contributed by atoms with Crippen LogP contribution in [-0.4, -0.2) is 49.6 Å². The zero-order chi connectivity index (χ0) is 28.3. The first-order valence-corrected chi connectivity index (χ1v) is 13.6. The topological polar surface area (TPSA) is 137 Å². The van der Waals surface area contributed by atoms with Gasteiger partial charge < -0.3 is 26.6 Å².